The van der Waals surface area contributed by atoms with E-state index in [0.29, 0.717) is 11.0 Å². The van der Waals surface area contributed by atoms with Gasteiger partial charge in [-0.05, 0) is 43.7 Å². The minimum atomic E-state index is 0.549. The van der Waals surface area contributed by atoms with Crippen LogP contribution in [-0.4, -0.2) is 17.0 Å². The number of hydrogen-bond donors (Lipinski definition) is 1. The Kier molecular flexibility index (Phi) is 4.67. The third kappa shape index (κ3) is 3.66. The quantitative estimate of drug-likeness (QED) is 0.704. The molecule has 0 radical (unpaired) electrons. The van der Waals surface area contributed by atoms with Gasteiger partial charge in [-0.2, -0.15) is 4.98 Å². The molecule has 122 valence electrons. The molecule has 0 saturated carbocycles. The highest BCUT2D eigenvalue weighted by molar-refractivity contribution is 6.31. The summed E-state index contributed by atoms with van der Waals surface area (Å²) < 4.78 is 0. The maximum absolute atomic E-state index is 6.18. The van der Waals surface area contributed by atoms with E-state index in [-0.39, 0.29) is 0 Å². The summed E-state index contributed by atoms with van der Waals surface area (Å²) in [6, 6.07) is 17.9. The van der Waals surface area contributed by atoms with Crippen LogP contribution in [0.2, 0.25) is 5.02 Å². The Morgan fingerprint density at radius 3 is 2.42 bits per heavy atom. The van der Waals surface area contributed by atoms with Gasteiger partial charge >= 0.3 is 0 Å². The monoisotopic (exact) mass is 338 g/mol. The summed E-state index contributed by atoms with van der Waals surface area (Å²) in [5, 5.41) is 3.94. The van der Waals surface area contributed by atoms with Crippen LogP contribution in [0, 0.1) is 13.8 Å². The number of nitrogens with zero attached hydrogens (tertiary/aromatic N) is 3. The summed E-state index contributed by atoms with van der Waals surface area (Å²) in [6.45, 7) is 3.93. The molecule has 2 aromatic carbocycles. The Morgan fingerprint density at radius 2 is 1.71 bits per heavy atom. The fourth-order valence-electron chi connectivity index (χ4n) is 2.36. The predicted octanol–water partition coefficient (Wildman–Crippen LogP) is 5.26. The maximum atomic E-state index is 6.18. The topological polar surface area (TPSA) is 41.1 Å². The summed E-state index contributed by atoms with van der Waals surface area (Å²) in [7, 11) is 1.99. The molecule has 0 amide bonds. The van der Waals surface area contributed by atoms with E-state index in [1.54, 1.807) is 0 Å². The van der Waals surface area contributed by atoms with Crippen LogP contribution in [0.15, 0.2) is 54.6 Å². The normalized spacial score (nSPS) is 10.5. The van der Waals surface area contributed by atoms with Gasteiger partial charge in [-0.3, -0.25) is 0 Å². The number of aryl methyl sites for hydroxylation is 2. The molecule has 1 N–H and O–H groups in total. The standard InChI is InChI=1S/C19H19ClN4/c1-13-9-10-15(12-17(13)20)22-19-21-14(2)11-18(23-19)24(3)16-7-5-4-6-8-16/h4-12H,1-3H3,(H,21,22,23). The van der Waals surface area contributed by atoms with Crippen LogP contribution in [0.3, 0.4) is 0 Å². The minimum absolute atomic E-state index is 0.549. The first-order valence-electron chi connectivity index (χ1n) is 7.70. The van der Waals surface area contributed by atoms with E-state index in [2.05, 4.69) is 15.3 Å². The van der Waals surface area contributed by atoms with Gasteiger partial charge in [-0.25, -0.2) is 4.98 Å². The number of anilines is 4. The van der Waals surface area contributed by atoms with Gasteiger partial charge < -0.3 is 10.2 Å². The van der Waals surface area contributed by atoms with E-state index in [1.165, 1.54) is 0 Å². The Hall–Kier alpha value is -2.59. The zero-order chi connectivity index (χ0) is 17.1. The number of benzene rings is 2. The molecule has 4 nitrogen and oxygen atoms in total. The largest absolute Gasteiger partial charge is 0.329 e. The second kappa shape index (κ2) is 6.89. The van der Waals surface area contributed by atoms with Gasteiger partial charge in [0.1, 0.15) is 5.82 Å². The number of hydrogen-bond acceptors (Lipinski definition) is 4. The molecule has 0 atom stereocenters. The molecular formula is C19H19ClN4. The van der Waals surface area contributed by atoms with Gasteiger partial charge in [-0.15, -0.1) is 0 Å². The van der Waals surface area contributed by atoms with Crippen LogP contribution in [0.1, 0.15) is 11.3 Å². The molecule has 0 bridgehead atoms. The van der Waals surface area contributed by atoms with Crippen LogP contribution in [-0.2, 0) is 0 Å². The van der Waals surface area contributed by atoms with E-state index < -0.39 is 0 Å². The molecule has 0 aliphatic heterocycles. The molecule has 1 aromatic heterocycles. The third-order valence-electron chi connectivity index (χ3n) is 3.76. The van der Waals surface area contributed by atoms with Crippen LogP contribution in [0.5, 0.6) is 0 Å². The van der Waals surface area contributed by atoms with Crippen molar-refractivity contribution >= 4 is 34.7 Å². The average Bonchev–Trinajstić information content (AvgIpc) is 2.58. The summed E-state index contributed by atoms with van der Waals surface area (Å²) in [5.74, 6) is 1.38. The van der Waals surface area contributed by atoms with Gasteiger partial charge in [0.05, 0.1) is 0 Å². The predicted molar refractivity (Wildman–Crippen MR) is 101 cm³/mol. The zero-order valence-corrected chi connectivity index (χ0v) is 14.7. The number of nitrogens with one attached hydrogen (secondary N) is 1. The highest BCUT2D eigenvalue weighted by Crippen LogP contribution is 2.25. The first-order valence-corrected chi connectivity index (χ1v) is 8.08. The van der Waals surface area contributed by atoms with E-state index in [4.69, 9.17) is 11.6 Å². The summed E-state index contributed by atoms with van der Waals surface area (Å²) >= 11 is 6.18. The van der Waals surface area contributed by atoms with Crippen LogP contribution in [0.25, 0.3) is 0 Å². The molecule has 1 heterocycles. The van der Waals surface area contributed by atoms with Crippen molar-refractivity contribution in [2.24, 2.45) is 0 Å². The van der Waals surface area contributed by atoms with Crippen LogP contribution in [0.4, 0.5) is 23.1 Å². The first-order chi connectivity index (χ1) is 11.5. The molecule has 0 unspecified atom stereocenters. The lowest BCUT2D eigenvalue weighted by molar-refractivity contribution is 1.05. The minimum Gasteiger partial charge on any atom is -0.329 e. The van der Waals surface area contributed by atoms with E-state index >= 15 is 0 Å². The van der Waals surface area contributed by atoms with Crippen molar-refractivity contribution in [3.63, 3.8) is 0 Å². The molecule has 3 aromatic rings. The van der Waals surface area contributed by atoms with Gasteiger partial charge in [0.15, 0.2) is 0 Å². The molecule has 0 fully saturated rings. The van der Waals surface area contributed by atoms with Crippen molar-refractivity contribution < 1.29 is 0 Å². The SMILES string of the molecule is Cc1cc(N(C)c2ccccc2)nc(Nc2ccc(C)c(Cl)c2)n1. The molecular weight excluding hydrogens is 320 g/mol. The fraction of sp³-hybridized carbons (Fsp3) is 0.158. The number of halogens is 1. The smallest absolute Gasteiger partial charge is 0.229 e. The van der Waals surface area contributed by atoms with Crippen molar-refractivity contribution in [3.05, 3.63) is 70.9 Å². The lowest BCUT2D eigenvalue weighted by Crippen LogP contribution is -2.13. The third-order valence-corrected chi connectivity index (χ3v) is 4.16. The van der Waals surface area contributed by atoms with Gasteiger partial charge in [0, 0.05) is 35.2 Å². The second-order valence-electron chi connectivity index (χ2n) is 5.67. The Labute approximate surface area is 147 Å². The summed E-state index contributed by atoms with van der Waals surface area (Å²) in [4.78, 5) is 11.1. The maximum Gasteiger partial charge on any atom is 0.229 e. The van der Waals surface area contributed by atoms with Crippen LogP contribution < -0.4 is 10.2 Å². The van der Waals surface area contributed by atoms with Crippen molar-refractivity contribution in [1.29, 1.82) is 0 Å². The van der Waals surface area contributed by atoms with Crippen molar-refractivity contribution in [1.82, 2.24) is 9.97 Å². The van der Waals surface area contributed by atoms with Gasteiger partial charge in [0.25, 0.3) is 0 Å². The zero-order valence-electron chi connectivity index (χ0n) is 13.9. The lowest BCUT2D eigenvalue weighted by atomic mass is 10.2. The van der Waals surface area contributed by atoms with E-state index in [1.807, 2.05) is 80.4 Å². The van der Waals surface area contributed by atoms with Crippen molar-refractivity contribution in [3.8, 4) is 0 Å². The van der Waals surface area contributed by atoms with Gasteiger partial charge in [0.2, 0.25) is 5.95 Å². The summed E-state index contributed by atoms with van der Waals surface area (Å²) in [5.41, 5.74) is 3.87. The summed E-state index contributed by atoms with van der Waals surface area (Å²) in [6.07, 6.45) is 0. The van der Waals surface area contributed by atoms with Gasteiger partial charge in [-0.1, -0.05) is 35.9 Å². The lowest BCUT2D eigenvalue weighted by Gasteiger charge is -2.19. The highest BCUT2D eigenvalue weighted by Gasteiger charge is 2.09. The number of aromatic nitrogens is 2. The van der Waals surface area contributed by atoms with Crippen LogP contribution >= 0.6 is 11.6 Å². The molecule has 24 heavy (non-hydrogen) atoms. The highest BCUT2D eigenvalue weighted by atomic mass is 35.5. The Morgan fingerprint density at radius 1 is 0.958 bits per heavy atom. The molecule has 0 saturated heterocycles. The first kappa shape index (κ1) is 16.3. The van der Waals surface area contributed by atoms with E-state index in [9.17, 15) is 0 Å². The van der Waals surface area contributed by atoms with E-state index in [0.717, 1.165) is 28.5 Å². The second-order valence-corrected chi connectivity index (χ2v) is 6.08. The van der Waals surface area contributed by atoms with Crippen molar-refractivity contribution in [2.75, 3.05) is 17.3 Å². The number of para-hydroxylation sites is 1. The molecule has 0 aliphatic rings. The fourth-order valence-corrected chi connectivity index (χ4v) is 2.54. The molecule has 0 aliphatic carbocycles. The molecule has 5 heteroatoms. The number of rotatable bonds is 4. The molecule has 0 spiro atoms. The molecule has 3 rings (SSSR count). The Balaban J connectivity index is 1.90. The average molecular weight is 339 g/mol. The Bertz CT molecular complexity index is 849. The van der Waals surface area contributed by atoms with Crippen molar-refractivity contribution in [2.45, 2.75) is 13.8 Å².